The Balaban J connectivity index is 2.02. The molecule has 0 aliphatic heterocycles. The number of aromatic nitrogens is 2. The topological polar surface area (TPSA) is 94.3 Å². The first kappa shape index (κ1) is 19.8. The maximum absolute atomic E-state index is 12.1. The van der Waals surface area contributed by atoms with Gasteiger partial charge in [-0.25, -0.2) is 9.51 Å². The molecule has 2 aromatic heterocycles. The summed E-state index contributed by atoms with van der Waals surface area (Å²) >= 11 is 0. The van der Waals surface area contributed by atoms with Crippen molar-refractivity contribution < 1.29 is 9.90 Å². The number of carbonyl (C=O) groups excluding carboxylic acids is 1. The molecule has 0 aromatic carbocycles. The first-order valence-corrected chi connectivity index (χ1v) is 9.23. The van der Waals surface area contributed by atoms with Gasteiger partial charge in [0, 0.05) is 31.9 Å². The van der Waals surface area contributed by atoms with Crippen molar-refractivity contribution in [2.75, 3.05) is 45.7 Å². The van der Waals surface area contributed by atoms with Crippen molar-refractivity contribution >= 4 is 28.5 Å². The third kappa shape index (κ3) is 4.47. The Morgan fingerprint density at radius 3 is 2.79 bits per heavy atom. The van der Waals surface area contributed by atoms with Crippen LogP contribution in [0.3, 0.4) is 0 Å². The summed E-state index contributed by atoms with van der Waals surface area (Å²) in [7, 11) is 4.03. The van der Waals surface area contributed by atoms with Crippen LogP contribution in [0.25, 0.3) is 5.52 Å². The van der Waals surface area contributed by atoms with Crippen LogP contribution in [-0.2, 0) is 4.79 Å². The number of hydrogen-bond acceptors (Lipinski definition) is 7. The molecule has 1 aliphatic carbocycles. The number of rotatable bonds is 8. The molecule has 8 nitrogen and oxygen atoms in total. The van der Waals surface area contributed by atoms with Crippen LogP contribution in [0, 0.1) is 0 Å². The van der Waals surface area contributed by atoms with E-state index >= 15 is 0 Å². The van der Waals surface area contributed by atoms with E-state index in [0.29, 0.717) is 35.0 Å². The number of allylic oxidation sites excluding steroid dienone is 3. The van der Waals surface area contributed by atoms with Crippen LogP contribution in [0.4, 0.5) is 11.5 Å². The van der Waals surface area contributed by atoms with E-state index in [-0.39, 0.29) is 12.4 Å². The van der Waals surface area contributed by atoms with Gasteiger partial charge in [-0.1, -0.05) is 6.07 Å². The van der Waals surface area contributed by atoms with Crippen molar-refractivity contribution in [1.29, 1.82) is 0 Å². The summed E-state index contributed by atoms with van der Waals surface area (Å²) in [6.45, 7) is 3.67. The fourth-order valence-electron chi connectivity index (χ4n) is 2.83. The van der Waals surface area contributed by atoms with Crippen molar-refractivity contribution in [2.45, 2.75) is 6.92 Å². The number of pyridine rings is 1. The van der Waals surface area contributed by atoms with Crippen LogP contribution in [0.2, 0.25) is 0 Å². The fraction of sp³-hybridized carbons (Fsp3) is 0.350. The zero-order valence-corrected chi connectivity index (χ0v) is 16.4. The molecule has 0 amide bonds. The molecule has 148 valence electrons. The molecule has 28 heavy (non-hydrogen) atoms. The summed E-state index contributed by atoms with van der Waals surface area (Å²) in [6.07, 6.45) is 5.16. The molecule has 0 spiro atoms. The average Bonchev–Trinajstić information content (AvgIpc) is 3.00. The van der Waals surface area contributed by atoms with Crippen molar-refractivity contribution in [1.82, 2.24) is 19.8 Å². The lowest BCUT2D eigenvalue weighted by molar-refractivity contribution is -0.111. The Kier molecular flexibility index (Phi) is 6.23. The molecular formula is C20H26N6O2. The summed E-state index contributed by atoms with van der Waals surface area (Å²) in [5, 5.41) is 20.2. The van der Waals surface area contributed by atoms with E-state index in [4.69, 9.17) is 10.1 Å². The summed E-state index contributed by atoms with van der Waals surface area (Å²) in [5.74, 6) is 0.619. The third-order valence-electron chi connectivity index (χ3n) is 4.32. The highest BCUT2D eigenvalue weighted by atomic mass is 16.3. The van der Waals surface area contributed by atoms with Crippen molar-refractivity contribution in [3.05, 3.63) is 47.8 Å². The normalized spacial score (nSPS) is 15.9. The average molecular weight is 382 g/mol. The van der Waals surface area contributed by atoms with E-state index in [1.165, 1.54) is 6.08 Å². The number of nitrogens with one attached hydrogen (secondary N) is 2. The Morgan fingerprint density at radius 2 is 2.04 bits per heavy atom. The van der Waals surface area contributed by atoms with Gasteiger partial charge in [0.25, 0.3) is 0 Å². The molecule has 2 aromatic rings. The number of aliphatic hydroxyl groups is 1. The molecular weight excluding hydrogens is 356 g/mol. The van der Waals surface area contributed by atoms with Gasteiger partial charge in [-0.05, 0) is 44.8 Å². The number of likely N-dealkylation sites (N-methyl/N-ethyl adjacent to an activating group) is 1. The Bertz CT molecular complexity index is 955. The minimum absolute atomic E-state index is 0.0322. The molecule has 0 saturated carbocycles. The highest BCUT2D eigenvalue weighted by Crippen LogP contribution is 2.31. The SMILES string of the molecule is CC1=CC(=Nc2c(NCCN(C)C)nn3ccccc23)C(NCCO)=CC1=O. The highest BCUT2D eigenvalue weighted by Gasteiger charge is 2.18. The van der Waals surface area contributed by atoms with E-state index in [1.54, 1.807) is 17.5 Å². The monoisotopic (exact) mass is 382 g/mol. The van der Waals surface area contributed by atoms with Crippen molar-refractivity contribution in [3.63, 3.8) is 0 Å². The minimum atomic E-state index is -0.0661. The number of carbonyl (C=O) groups is 1. The summed E-state index contributed by atoms with van der Waals surface area (Å²) in [4.78, 5) is 19.0. The van der Waals surface area contributed by atoms with Gasteiger partial charge in [0.1, 0.15) is 5.69 Å². The molecule has 0 unspecified atom stereocenters. The van der Waals surface area contributed by atoms with Gasteiger partial charge in [0.15, 0.2) is 11.6 Å². The van der Waals surface area contributed by atoms with Crippen LogP contribution < -0.4 is 10.6 Å². The summed E-state index contributed by atoms with van der Waals surface area (Å²) in [5.41, 5.74) is 3.43. The van der Waals surface area contributed by atoms with Gasteiger partial charge in [-0.15, -0.1) is 5.10 Å². The molecule has 8 heteroatoms. The number of nitrogens with zero attached hydrogens (tertiary/aromatic N) is 4. The van der Waals surface area contributed by atoms with E-state index in [2.05, 4.69) is 20.6 Å². The van der Waals surface area contributed by atoms with Crippen molar-refractivity contribution in [3.8, 4) is 0 Å². The second kappa shape index (κ2) is 8.81. The number of fused-ring (bicyclic) bond motifs is 1. The smallest absolute Gasteiger partial charge is 0.183 e. The number of anilines is 1. The first-order chi connectivity index (χ1) is 13.5. The molecule has 0 fully saturated rings. The number of hydrogen-bond donors (Lipinski definition) is 3. The quantitative estimate of drug-likeness (QED) is 0.597. The zero-order valence-electron chi connectivity index (χ0n) is 16.4. The lowest BCUT2D eigenvalue weighted by Crippen LogP contribution is -2.26. The molecule has 0 atom stereocenters. The number of ketones is 1. The van der Waals surface area contributed by atoms with Gasteiger partial charge < -0.3 is 20.6 Å². The molecule has 0 bridgehead atoms. The minimum Gasteiger partial charge on any atom is -0.395 e. The van der Waals surface area contributed by atoms with Gasteiger partial charge in [0.2, 0.25) is 0 Å². The van der Waals surface area contributed by atoms with Crippen LogP contribution in [0.5, 0.6) is 0 Å². The molecule has 0 radical (unpaired) electrons. The second-order valence-electron chi connectivity index (χ2n) is 6.85. The van der Waals surface area contributed by atoms with Crippen LogP contribution >= 0.6 is 0 Å². The molecule has 1 aliphatic rings. The number of aliphatic hydroxyl groups excluding tert-OH is 1. The molecule has 3 N–H and O–H groups in total. The highest BCUT2D eigenvalue weighted by molar-refractivity contribution is 6.22. The van der Waals surface area contributed by atoms with Gasteiger partial charge in [-0.3, -0.25) is 4.79 Å². The van der Waals surface area contributed by atoms with E-state index in [0.717, 1.165) is 18.6 Å². The predicted octanol–water partition coefficient (Wildman–Crippen LogP) is 1.38. The third-order valence-corrected chi connectivity index (χ3v) is 4.32. The van der Waals surface area contributed by atoms with E-state index in [1.807, 2.05) is 38.5 Å². The van der Waals surface area contributed by atoms with E-state index in [9.17, 15) is 4.79 Å². The van der Waals surface area contributed by atoms with Crippen LogP contribution in [-0.4, -0.2) is 71.5 Å². The Hall–Kier alpha value is -2.97. The summed E-state index contributed by atoms with van der Waals surface area (Å²) < 4.78 is 1.78. The molecule has 0 saturated heterocycles. The lowest BCUT2D eigenvalue weighted by Gasteiger charge is -2.15. The Labute approximate surface area is 164 Å². The zero-order chi connectivity index (χ0) is 20.1. The lowest BCUT2D eigenvalue weighted by atomic mass is 10.0. The van der Waals surface area contributed by atoms with Gasteiger partial charge in [0.05, 0.1) is 23.5 Å². The maximum Gasteiger partial charge on any atom is 0.183 e. The van der Waals surface area contributed by atoms with Gasteiger partial charge >= 0.3 is 0 Å². The van der Waals surface area contributed by atoms with Gasteiger partial charge in [-0.2, -0.15) is 0 Å². The number of aliphatic imine (C=N–C) groups is 1. The standard InChI is InChI=1S/C20H26N6O2/c1-14-12-16(15(13-18(14)28)21-8-11-27)23-19-17-6-4-5-9-26(17)24-20(19)22-7-10-25(2)3/h4-6,9,12-13,21,27H,7-8,10-11H2,1-3H3,(H,22,24). The molecule has 2 heterocycles. The molecule has 3 rings (SSSR count). The predicted molar refractivity (Wildman–Crippen MR) is 111 cm³/mol. The largest absolute Gasteiger partial charge is 0.395 e. The fourth-order valence-corrected chi connectivity index (χ4v) is 2.83. The van der Waals surface area contributed by atoms with Crippen LogP contribution in [0.15, 0.2) is 52.8 Å². The van der Waals surface area contributed by atoms with Crippen molar-refractivity contribution in [2.24, 2.45) is 4.99 Å². The maximum atomic E-state index is 12.1. The Morgan fingerprint density at radius 1 is 1.21 bits per heavy atom. The first-order valence-electron chi connectivity index (χ1n) is 9.23. The van der Waals surface area contributed by atoms with Crippen LogP contribution in [0.1, 0.15) is 6.92 Å². The van der Waals surface area contributed by atoms with E-state index < -0.39 is 0 Å². The second-order valence-corrected chi connectivity index (χ2v) is 6.85. The summed E-state index contributed by atoms with van der Waals surface area (Å²) in [6, 6.07) is 5.81.